The van der Waals surface area contributed by atoms with Crippen molar-refractivity contribution in [3.8, 4) is 11.5 Å². The lowest BCUT2D eigenvalue weighted by Gasteiger charge is -2.14. The zero-order valence-electron chi connectivity index (χ0n) is 22.4. The summed E-state index contributed by atoms with van der Waals surface area (Å²) in [7, 11) is 1.55. The third kappa shape index (κ3) is 5.72. The second kappa shape index (κ2) is 11.7. The molecule has 1 aliphatic heterocycles. The van der Waals surface area contributed by atoms with Crippen molar-refractivity contribution < 1.29 is 23.9 Å². The number of imide groups is 1. The molecule has 0 atom stereocenters. The number of aryl methyl sites for hydroxylation is 1. The quantitative estimate of drug-likeness (QED) is 0.244. The smallest absolute Gasteiger partial charge is 0.294 e. The van der Waals surface area contributed by atoms with E-state index < -0.39 is 17.1 Å². The molecule has 7 nitrogen and oxygen atoms in total. The SMILES string of the molecule is COc1cc(/C=C2/SC(=O)N(CC(=O)Nc3cccc(C)c3C)C2=O)ccc1OCc1cccc2ccccc12. The standard InChI is InChI=1S/C32H28N2O5S/c1-20-8-6-13-26(21(20)2)33-30(35)18-34-31(36)29(40-32(34)37)17-22-14-15-27(28(16-22)38-3)39-19-24-11-7-10-23-9-4-5-12-25(23)24/h4-17H,18-19H2,1-3H3,(H,33,35)/b29-17+. The van der Waals surface area contributed by atoms with Crippen LogP contribution in [0.25, 0.3) is 16.8 Å². The van der Waals surface area contributed by atoms with Crippen LogP contribution >= 0.6 is 11.8 Å². The summed E-state index contributed by atoms with van der Waals surface area (Å²) < 4.78 is 11.6. The Morgan fingerprint density at radius 2 is 1.73 bits per heavy atom. The fourth-order valence-electron chi connectivity index (χ4n) is 4.47. The van der Waals surface area contributed by atoms with Crippen molar-refractivity contribution in [1.29, 1.82) is 0 Å². The number of thioether (sulfide) groups is 1. The molecule has 0 aliphatic carbocycles. The predicted molar refractivity (Wildman–Crippen MR) is 158 cm³/mol. The van der Waals surface area contributed by atoms with Gasteiger partial charge in [-0.25, -0.2) is 0 Å². The first kappa shape index (κ1) is 27.0. The lowest BCUT2D eigenvalue weighted by molar-refractivity contribution is -0.127. The van der Waals surface area contributed by atoms with Crippen LogP contribution in [0, 0.1) is 13.8 Å². The summed E-state index contributed by atoms with van der Waals surface area (Å²) >= 11 is 0.803. The lowest BCUT2D eigenvalue weighted by Crippen LogP contribution is -2.36. The molecule has 8 heteroatoms. The highest BCUT2D eigenvalue weighted by atomic mass is 32.2. The van der Waals surface area contributed by atoms with Crippen LogP contribution in [0.3, 0.4) is 0 Å². The lowest BCUT2D eigenvalue weighted by atomic mass is 10.1. The van der Waals surface area contributed by atoms with Gasteiger partial charge >= 0.3 is 0 Å². The minimum absolute atomic E-state index is 0.232. The number of hydrogen-bond acceptors (Lipinski definition) is 6. The summed E-state index contributed by atoms with van der Waals surface area (Å²) in [5.74, 6) is 0.109. The number of nitrogens with one attached hydrogen (secondary N) is 1. The van der Waals surface area contributed by atoms with E-state index in [9.17, 15) is 14.4 Å². The number of nitrogens with zero attached hydrogens (tertiary/aromatic N) is 1. The summed E-state index contributed by atoms with van der Waals surface area (Å²) in [4.78, 5) is 39.4. The van der Waals surface area contributed by atoms with Gasteiger partial charge in [0, 0.05) is 5.69 Å². The summed E-state index contributed by atoms with van der Waals surface area (Å²) in [5, 5.41) is 4.57. The predicted octanol–water partition coefficient (Wildman–Crippen LogP) is 6.72. The van der Waals surface area contributed by atoms with Gasteiger partial charge in [0.25, 0.3) is 11.1 Å². The van der Waals surface area contributed by atoms with Gasteiger partial charge in [-0.2, -0.15) is 0 Å². The Labute approximate surface area is 236 Å². The molecule has 5 rings (SSSR count). The van der Waals surface area contributed by atoms with Gasteiger partial charge in [-0.1, -0.05) is 60.7 Å². The molecular formula is C32H28N2O5S. The number of benzene rings is 4. The Kier molecular flexibility index (Phi) is 7.89. The van der Waals surface area contributed by atoms with Crippen molar-refractivity contribution in [1.82, 2.24) is 4.90 Å². The molecule has 3 amide bonds. The molecule has 0 bridgehead atoms. The van der Waals surface area contributed by atoms with E-state index in [4.69, 9.17) is 9.47 Å². The number of carbonyl (C=O) groups excluding carboxylic acids is 3. The first-order valence-electron chi connectivity index (χ1n) is 12.7. The summed E-state index contributed by atoms with van der Waals surface area (Å²) in [6.07, 6.45) is 1.62. The molecule has 0 spiro atoms. The van der Waals surface area contributed by atoms with Gasteiger partial charge in [0.15, 0.2) is 11.5 Å². The van der Waals surface area contributed by atoms with E-state index in [2.05, 4.69) is 23.5 Å². The van der Waals surface area contributed by atoms with Crippen molar-refractivity contribution in [3.05, 3.63) is 106 Å². The molecule has 0 radical (unpaired) electrons. The molecule has 4 aromatic carbocycles. The number of amides is 3. The summed E-state index contributed by atoms with van der Waals surface area (Å²) in [6.45, 7) is 3.85. The first-order chi connectivity index (χ1) is 19.3. The van der Waals surface area contributed by atoms with Gasteiger partial charge in [0.1, 0.15) is 13.2 Å². The molecule has 0 saturated carbocycles. The highest BCUT2D eigenvalue weighted by Gasteiger charge is 2.36. The topological polar surface area (TPSA) is 84.9 Å². The second-order valence-electron chi connectivity index (χ2n) is 9.40. The Hall–Kier alpha value is -4.56. The Morgan fingerprint density at radius 3 is 2.55 bits per heavy atom. The van der Waals surface area contributed by atoms with E-state index in [0.29, 0.717) is 29.4 Å². The number of carbonyl (C=O) groups is 3. The normalized spacial score (nSPS) is 14.2. The number of ether oxygens (including phenoxy) is 2. The maximum atomic E-state index is 13.0. The van der Waals surface area contributed by atoms with E-state index in [1.165, 1.54) is 0 Å². The molecule has 0 unspecified atom stereocenters. The molecule has 1 heterocycles. The average Bonchev–Trinajstić information content (AvgIpc) is 3.21. The Bertz CT molecular complexity index is 1660. The number of hydrogen-bond donors (Lipinski definition) is 1. The van der Waals surface area contributed by atoms with Gasteiger partial charge in [0.2, 0.25) is 5.91 Å². The van der Waals surface area contributed by atoms with Crippen molar-refractivity contribution in [2.24, 2.45) is 0 Å². The first-order valence-corrected chi connectivity index (χ1v) is 13.5. The minimum atomic E-state index is -0.513. The highest BCUT2D eigenvalue weighted by Crippen LogP contribution is 2.35. The third-order valence-electron chi connectivity index (χ3n) is 6.80. The summed E-state index contributed by atoms with van der Waals surface area (Å²) in [5.41, 5.74) is 4.34. The number of methoxy groups -OCH3 is 1. The Balaban J connectivity index is 1.27. The molecule has 1 saturated heterocycles. The molecule has 202 valence electrons. The maximum Gasteiger partial charge on any atom is 0.294 e. The largest absolute Gasteiger partial charge is 0.493 e. The van der Waals surface area contributed by atoms with E-state index >= 15 is 0 Å². The van der Waals surface area contributed by atoms with Crippen LogP contribution in [0.4, 0.5) is 10.5 Å². The Morgan fingerprint density at radius 1 is 0.950 bits per heavy atom. The molecule has 1 N–H and O–H groups in total. The van der Waals surface area contributed by atoms with Crippen molar-refractivity contribution in [3.63, 3.8) is 0 Å². The van der Waals surface area contributed by atoms with E-state index in [1.807, 2.05) is 50.2 Å². The molecule has 1 aliphatic rings. The van der Waals surface area contributed by atoms with E-state index in [-0.39, 0.29) is 11.4 Å². The molecule has 1 fully saturated rings. The number of anilines is 1. The van der Waals surface area contributed by atoms with Crippen LogP contribution in [-0.2, 0) is 16.2 Å². The van der Waals surface area contributed by atoms with Crippen LogP contribution in [0.1, 0.15) is 22.3 Å². The molecular weight excluding hydrogens is 524 g/mol. The minimum Gasteiger partial charge on any atom is -0.493 e. The van der Waals surface area contributed by atoms with Gasteiger partial charge < -0.3 is 14.8 Å². The zero-order valence-corrected chi connectivity index (χ0v) is 23.2. The monoisotopic (exact) mass is 552 g/mol. The summed E-state index contributed by atoms with van der Waals surface area (Å²) in [6, 6.07) is 25.1. The van der Waals surface area contributed by atoms with Crippen LogP contribution in [0.5, 0.6) is 11.5 Å². The second-order valence-corrected chi connectivity index (χ2v) is 10.4. The van der Waals surface area contributed by atoms with Crippen LogP contribution < -0.4 is 14.8 Å². The molecule has 40 heavy (non-hydrogen) atoms. The molecule has 4 aromatic rings. The maximum absolute atomic E-state index is 13.0. The van der Waals surface area contributed by atoms with Crippen molar-refractivity contribution >= 4 is 51.4 Å². The highest BCUT2D eigenvalue weighted by molar-refractivity contribution is 8.18. The third-order valence-corrected chi connectivity index (χ3v) is 7.71. The fourth-order valence-corrected chi connectivity index (χ4v) is 5.31. The van der Waals surface area contributed by atoms with Gasteiger partial charge in [0.05, 0.1) is 12.0 Å². The van der Waals surface area contributed by atoms with Crippen LogP contribution in [0.15, 0.2) is 83.8 Å². The van der Waals surface area contributed by atoms with Gasteiger partial charge in [-0.3, -0.25) is 19.3 Å². The van der Waals surface area contributed by atoms with Crippen LogP contribution in [-0.4, -0.2) is 35.6 Å². The van der Waals surface area contributed by atoms with Crippen molar-refractivity contribution in [2.45, 2.75) is 20.5 Å². The van der Waals surface area contributed by atoms with Gasteiger partial charge in [-0.05, 0) is 82.9 Å². The van der Waals surface area contributed by atoms with Crippen LogP contribution in [0.2, 0.25) is 0 Å². The average molecular weight is 553 g/mol. The van der Waals surface area contributed by atoms with Crippen molar-refractivity contribution in [2.75, 3.05) is 19.0 Å². The number of rotatable bonds is 8. The molecule has 0 aromatic heterocycles. The van der Waals surface area contributed by atoms with E-state index in [1.54, 1.807) is 37.5 Å². The van der Waals surface area contributed by atoms with E-state index in [0.717, 1.165) is 44.1 Å². The zero-order chi connectivity index (χ0) is 28.2. The van der Waals surface area contributed by atoms with Gasteiger partial charge in [-0.15, -0.1) is 0 Å². The number of fused-ring (bicyclic) bond motifs is 1. The fraction of sp³-hybridized carbons (Fsp3) is 0.156.